The zero-order valence-electron chi connectivity index (χ0n) is 13.3. The first kappa shape index (κ1) is 16.6. The van der Waals surface area contributed by atoms with Gasteiger partial charge in [-0.15, -0.1) is 0 Å². The van der Waals surface area contributed by atoms with Gasteiger partial charge in [0, 0.05) is 30.3 Å². The van der Waals surface area contributed by atoms with Crippen molar-refractivity contribution < 1.29 is 14.3 Å². The molecule has 128 valence electrons. The number of aromatic amines is 1. The number of nitrogens with one attached hydrogen (secondary N) is 1. The van der Waals surface area contributed by atoms with Gasteiger partial charge in [-0.05, 0) is 31.5 Å². The quantitative estimate of drug-likeness (QED) is 0.774. The monoisotopic (exact) mass is 332 g/mol. The molecule has 0 radical (unpaired) electrons. The fourth-order valence-electron chi connectivity index (χ4n) is 3.24. The van der Waals surface area contributed by atoms with E-state index in [-0.39, 0.29) is 11.6 Å². The van der Waals surface area contributed by atoms with E-state index in [2.05, 4.69) is 15.1 Å². The van der Waals surface area contributed by atoms with Crippen molar-refractivity contribution in [3.63, 3.8) is 0 Å². The molecule has 24 heavy (non-hydrogen) atoms. The van der Waals surface area contributed by atoms with Crippen LogP contribution in [-0.4, -0.2) is 45.7 Å². The molecule has 1 aliphatic rings. The summed E-state index contributed by atoms with van der Waals surface area (Å²) in [6.07, 6.45) is 1.06. The number of piperidine rings is 1. The van der Waals surface area contributed by atoms with Crippen molar-refractivity contribution in [2.45, 2.75) is 24.9 Å². The van der Waals surface area contributed by atoms with Crippen molar-refractivity contribution in [3.05, 3.63) is 53.1 Å². The molecule has 1 saturated heterocycles. The van der Waals surface area contributed by atoms with Crippen LogP contribution in [0.15, 0.2) is 30.3 Å². The van der Waals surface area contributed by atoms with E-state index in [9.17, 15) is 14.3 Å². The van der Waals surface area contributed by atoms with Crippen molar-refractivity contribution in [2.24, 2.45) is 5.73 Å². The first-order chi connectivity index (χ1) is 11.5. The van der Waals surface area contributed by atoms with Gasteiger partial charge in [-0.3, -0.25) is 14.8 Å². The van der Waals surface area contributed by atoms with Crippen molar-refractivity contribution in [3.8, 4) is 0 Å². The topological polar surface area (TPSA) is 95.2 Å². The van der Waals surface area contributed by atoms with Crippen LogP contribution in [0.5, 0.6) is 0 Å². The third kappa shape index (κ3) is 3.63. The van der Waals surface area contributed by atoms with Crippen LogP contribution in [0.2, 0.25) is 0 Å². The molecule has 0 aliphatic carbocycles. The molecule has 1 amide bonds. The van der Waals surface area contributed by atoms with E-state index in [1.54, 1.807) is 24.3 Å². The van der Waals surface area contributed by atoms with Gasteiger partial charge in [0.05, 0.1) is 6.10 Å². The van der Waals surface area contributed by atoms with E-state index in [4.69, 9.17) is 5.73 Å². The molecular formula is C17H21FN4O2. The Bertz CT molecular complexity index is 718. The second-order valence-corrected chi connectivity index (χ2v) is 6.21. The minimum absolute atomic E-state index is 0.187. The number of carbonyl (C=O) groups is 1. The third-order valence-corrected chi connectivity index (χ3v) is 4.49. The second kappa shape index (κ2) is 7.11. The molecular weight excluding hydrogens is 311 g/mol. The summed E-state index contributed by atoms with van der Waals surface area (Å²) in [5.41, 5.74) is 6.64. The van der Waals surface area contributed by atoms with Crippen LogP contribution in [-0.2, 0) is 0 Å². The Morgan fingerprint density at radius 2 is 2.29 bits per heavy atom. The Balaban J connectivity index is 1.65. The molecule has 2 atom stereocenters. The molecule has 0 saturated carbocycles. The Morgan fingerprint density at radius 3 is 3.00 bits per heavy atom. The minimum atomic E-state index is -0.868. The number of nitrogens with zero attached hydrogens (tertiary/aromatic N) is 2. The molecule has 7 heteroatoms. The summed E-state index contributed by atoms with van der Waals surface area (Å²) in [6.45, 7) is 1.93. The largest absolute Gasteiger partial charge is 0.387 e. The number of H-pyrrole nitrogens is 1. The zero-order valence-corrected chi connectivity index (χ0v) is 13.3. The Labute approximate surface area is 139 Å². The second-order valence-electron chi connectivity index (χ2n) is 6.21. The Hall–Kier alpha value is -2.25. The van der Waals surface area contributed by atoms with Crippen LogP contribution in [0.4, 0.5) is 4.39 Å². The lowest BCUT2D eigenvalue weighted by molar-refractivity contribution is 0.0926. The summed E-state index contributed by atoms with van der Waals surface area (Å²) < 4.78 is 13.8. The molecule has 1 aromatic heterocycles. The maximum Gasteiger partial charge on any atom is 0.269 e. The summed E-state index contributed by atoms with van der Waals surface area (Å²) in [5.74, 6) is -0.759. The SMILES string of the molecule is NC(=O)c1cc(C2CCCN(CC(O)c3ccccc3F)C2)[nH]n1. The van der Waals surface area contributed by atoms with Gasteiger partial charge < -0.3 is 10.8 Å². The van der Waals surface area contributed by atoms with Crippen LogP contribution in [0.25, 0.3) is 0 Å². The van der Waals surface area contributed by atoms with Crippen molar-refractivity contribution in [1.29, 1.82) is 0 Å². The first-order valence-corrected chi connectivity index (χ1v) is 8.04. The molecule has 1 aliphatic heterocycles. The predicted octanol–water partition coefficient (Wildman–Crippen LogP) is 1.56. The summed E-state index contributed by atoms with van der Waals surface area (Å²) in [4.78, 5) is 13.3. The third-order valence-electron chi connectivity index (χ3n) is 4.49. The fraction of sp³-hybridized carbons (Fsp3) is 0.412. The number of nitrogens with two attached hydrogens (primary N) is 1. The number of aliphatic hydroxyl groups excluding tert-OH is 1. The van der Waals surface area contributed by atoms with Crippen LogP contribution in [0, 0.1) is 5.82 Å². The van der Waals surface area contributed by atoms with Gasteiger partial charge in [-0.1, -0.05) is 18.2 Å². The summed E-state index contributed by atoms with van der Waals surface area (Å²) in [6, 6.07) is 7.97. The summed E-state index contributed by atoms with van der Waals surface area (Å²) >= 11 is 0. The van der Waals surface area contributed by atoms with Gasteiger partial charge in [0.25, 0.3) is 5.91 Å². The molecule has 1 aromatic carbocycles. The first-order valence-electron chi connectivity index (χ1n) is 8.04. The molecule has 2 unspecified atom stereocenters. The zero-order chi connectivity index (χ0) is 17.1. The number of β-amino-alcohol motifs (C(OH)–C–C–N with tert-alkyl or cyclic N) is 1. The normalized spacial score (nSPS) is 20.0. The lowest BCUT2D eigenvalue weighted by atomic mass is 9.94. The van der Waals surface area contributed by atoms with E-state index >= 15 is 0 Å². The number of aliphatic hydroxyl groups is 1. The van der Waals surface area contributed by atoms with Gasteiger partial charge in [0.2, 0.25) is 0 Å². The molecule has 6 nitrogen and oxygen atoms in total. The average Bonchev–Trinajstić information content (AvgIpc) is 3.06. The molecule has 1 fully saturated rings. The van der Waals surface area contributed by atoms with E-state index in [1.807, 2.05) is 0 Å². The maximum absolute atomic E-state index is 13.8. The smallest absolute Gasteiger partial charge is 0.269 e. The highest BCUT2D eigenvalue weighted by molar-refractivity contribution is 5.90. The number of aromatic nitrogens is 2. The van der Waals surface area contributed by atoms with Crippen molar-refractivity contribution in [1.82, 2.24) is 15.1 Å². The molecule has 0 bridgehead atoms. The highest BCUT2D eigenvalue weighted by Crippen LogP contribution is 2.27. The van der Waals surface area contributed by atoms with Gasteiger partial charge in [-0.25, -0.2) is 4.39 Å². The van der Waals surface area contributed by atoms with Crippen LogP contribution in [0.3, 0.4) is 0 Å². The number of amides is 1. The van der Waals surface area contributed by atoms with Crippen LogP contribution in [0.1, 0.15) is 46.6 Å². The van der Waals surface area contributed by atoms with E-state index < -0.39 is 17.8 Å². The fourth-order valence-corrected chi connectivity index (χ4v) is 3.24. The van der Waals surface area contributed by atoms with Gasteiger partial charge in [0.1, 0.15) is 11.5 Å². The highest BCUT2D eigenvalue weighted by atomic mass is 19.1. The maximum atomic E-state index is 13.8. The number of hydrogen-bond donors (Lipinski definition) is 3. The van der Waals surface area contributed by atoms with Crippen LogP contribution < -0.4 is 5.73 Å². The summed E-state index contributed by atoms with van der Waals surface area (Å²) in [7, 11) is 0. The number of halogens is 1. The van der Waals surface area contributed by atoms with Crippen molar-refractivity contribution in [2.75, 3.05) is 19.6 Å². The Morgan fingerprint density at radius 1 is 1.50 bits per heavy atom. The number of benzene rings is 1. The lowest BCUT2D eigenvalue weighted by Gasteiger charge is -2.33. The van der Waals surface area contributed by atoms with E-state index in [0.717, 1.165) is 25.1 Å². The van der Waals surface area contributed by atoms with Gasteiger partial charge in [0.15, 0.2) is 0 Å². The van der Waals surface area contributed by atoms with Gasteiger partial charge >= 0.3 is 0 Å². The average molecular weight is 332 g/mol. The highest BCUT2D eigenvalue weighted by Gasteiger charge is 2.25. The predicted molar refractivity (Wildman–Crippen MR) is 86.9 cm³/mol. The minimum Gasteiger partial charge on any atom is -0.387 e. The van der Waals surface area contributed by atoms with E-state index in [0.29, 0.717) is 18.7 Å². The number of rotatable bonds is 5. The molecule has 3 rings (SSSR count). The standard InChI is InChI=1S/C17H21FN4O2/c18-13-6-2-1-5-12(13)16(23)10-22-7-3-4-11(9-22)14-8-15(17(19)24)21-20-14/h1-2,5-6,8,11,16,23H,3-4,7,9-10H2,(H2,19,24)(H,20,21). The summed E-state index contributed by atoms with van der Waals surface area (Å²) in [5, 5.41) is 17.1. The number of likely N-dealkylation sites (tertiary alicyclic amines) is 1. The van der Waals surface area contributed by atoms with Crippen molar-refractivity contribution >= 4 is 5.91 Å². The number of primary amides is 1. The lowest BCUT2D eigenvalue weighted by Crippen LogP contribution is -2.37. The molecule has 2 aromatic rings. The molecule has 4 N–H and O–H groups in total. The van der Waals surface area contributed by atoms with E-state index in [1.165, 1.54) is 6.07 Å². The molecule has 0 spiro atoms. The number of hydrogen-bond acceptors (Lipinski definition) is 4. The number of carbonyl (C=O) groups excluding carboxylic acids is 1. The molecule has 2 heterocycles. The van der Waals surface area contributed by atoms with Crippen LogP contribution >= 0.6 is 0 Å². The Kier molecular flexibility index (Phi) is 4.92. The van der Waals surface area contributed by atoms with Gasteiger partial charge in [-0.2, -0.15) is 5.10 Å².